The topological polar surface area (TPSA) is 119 Å². The molecule has 258 valence electrons. The van der Waals surface area contributed by atoms with Gasteiger partial charge in [0.2, 0.25) is 11.8 Å². The molecule has 0 aromatic heterocycles. The van der Waals surface area contributed by atoms with Crippen LogP contribution < -0.4 is 10.6 Å². The van der Waals surface area contributed by atoms with E-state index in [-0.39, 0.29) is 75.9 Å². The summed E-state index contributed by atoms with van der Waals surface area (Å²) < 4.78 is 4.81. The average molecular weight is 649 g/mol. The number of carbonyl (C=O) groups is 5. The lowest BCUT2D eigenvalue weighted by Crippen LogP contribution is -2.66. The van der Waals surface area contributed by atoms with Crippen molar-refractivity contribution in [1.82, 2.24) is 10.6 Å². The van der Waals surface area contributed by atoms with Gasteiger partial charge in [0.1, 0.15) is 5.41 Å². The monoisotopic (exact) mass is 648 g/mol. The summed E-state index contributed by atoms with van der Waals surface area (Å²) in [7, 11) is 1.29. The normalized spacial score (nSPS) is 42.9. The fourth-order valence-electron chi connectivity index (χ4n) is 11.9. The fourth-order valence-corrected chi connectivity index (χ4v) is 11.9. The summed E-state index contributed by atoms with van der Waals surface area (Å²) in [6.45, 7) is 20.3. The zero-order valence-corrected chi connectivity index (χ0v) is 30.0. The van der Waals surface area contributed by atoms with Crippen LogP contribution in [0, 0.1) is 55.7 Å². The number of ketones is 2. The van der Waals surface area contributed by atoms with Crippen molar-refractivity contribution in [3.63, 3.8) is 0 Å². The summed E-state index contributed by atoms with van der Waals surface area (Å²) in [4.78, 5) is 66.4. The lowest BCUT2D eigenvalue weighted by molar-refractivity contribution is -0.182. The molecule has 0 aliphatic heterocycles. The van der Waals surface area contributed by atoms with Gasteiger partial charge in [-0.25, -0.2) is 0 Å². The van der Waals surface area contributed by atoms with Crippen LogP contribution in [0.4, 0.5) is 0 Å². The van der Waals surface area contributed by atoms with Crippen molar-refractivity contribution >= 4 is 29.4 Å². The second kappa shape index (κ2) is 10.6. The number of hydrogen-bond donors (Lipinski definition) is 2. The molecule has 5 fully saturated rings. The number of rotatable bonds is 6. The Morgan fingerprint density at radius 2 is 1.49 bits per heavy atom. The van der Waals surface area contributed by atoms with Gasteiger partial charge in [-0.1, -0.05) is 60.6 Å². The first kappa shape index (κ1) is 34.1. The van der Waals surface area contributed by atoms with Gasteiger partial charge >= 0.3 is 5.97 Å². The Morgan fingerprint density at radius 3 is 2.11 bits per heavy atom. The molecule has 0 aromatic carbocycles. The lowest BCUT2D eigenvalue weighted by Gasteiger charge is -2.70. The molecule has 6 rings (SSSR count). The van der Waals surface area contributed by atoms with Crippen molar-refractivity contribution < 1.29 is 28.7 Å². The van der Waals surface area contributed by atoms with E-state index in [1.54, 1.807) is 0 Å². The number of esters is 1. The standard InChI is InChI=1S/C39H56N2O6/c1-23-21-36(6)27(33(2,3)29(23)43)10-11-38(8)28(36)26(42)20-24-25-22-35(5,13-12-34(25,4)14-15-37(24,38)7)30(44)40-18-19-41-31(45)39(16-17-39)32(46)47-9/h20,25,27-28H,1,10-19,21-22H2,2-9H3,(H,40,44)(H,41,45)/t25-,27-,28+,34+,35-,36-,37+,38+/m0/s1. The van der Waals surface area contributed by atoms with E-state index in [1.807, 2.05) is 6.08 Å². The number of nitrogens with one attached hydrogen (secondary N) is 2. The van der Waals surface area contributed by atoms with Crippen LogP contribution in [0.25, 0.3) is 0 Å². The van der Waals surface area contributed by atoms with Gasteiger partial charge in [-0.15, -0.1) is 0 Å². The number of carbonyl (C=O) groups excluding carboxylic acids is 5. The van der Waals surface area contributed by atoms with E-state index in [1.165, 1.54) is 12.7 Å². The molecule has 0 aromatic rings. The highest BCUT2D eigenvalue weighted by Crippen LogP contribution is 2.75. The third-order valence-corrected chi connectivity index (χ3v) is 15.2. The zero-order valence-electron chi connectivity index (χ0n) is 30.0. The number of fused-ring (bicyclic) bond motifs is 7. The minimum atomic E-state index is -1.07. The highest BCUT2D eigenvalue weighted by molar-refractivity contribution is 6.05. The van der Waals surface area contributed by atoms with Crippen molar-refractivity contribution in [1.29, 1.82) is 0 Å². The summed E-state index contributed by atoms with van der Waals surface area (Å²) in [5.74, 6) is -0.453. The van der Waals surface area contributed by atoms with Gasteiger partial charge in [0.25, 0.3) is 0 Å². The van der Waals surface area contributed by atoms with Crippen LogP contribution >= 0.6 is 0 Å². The molecule has 5 saturated carbocycles. The predicted octanol–water partition coefficient (Wildman–Crippen LogP) is 5.89. The van der Waals surface area contributed by atoms with Gasteiger partial charge in [0.15, 0.2) is 11.6 Å². The maximum atomic E-state index is 14.6. The number of amides is 2. The van der Waals surface area contributed by atoms with Crippen LogP contribution in [0.3, 0.4) is 0 Å². The second-order valence-electron chi connectivity index (χ2n) is 18.2. The molecule has 8 heteroatoms. The molecule has 0 unspecified atom stereocenters. The summed E-state index contributed by atoms with van der Waals surface area (Å²) in [6.07, 6.45) is 9.83. The van der Waals surface area contributed by atoms with Gasteiger partial charge in [0, 0.05) is 29.8 Å². The van der Waals surface area contributed by atoms with Crippen LogP contribution in [-0.4, -0.2) is 49.5 Å². The molecular formula is C39H56N2O6. The van der Waals surface area contributed by atoms with Crippen molar-refractivity contribution in [2.24, 2.45) is 55.7 Å². The quantitative estimate of drug-likeness (QED) is 0.161. The maximum absolute atomic E-state index is 14.6. The Morgan fingerprint density at radius 1 is 0.872 bits per heavy atom. The predicted molar refractivity (Wildman–Crippen MR) is 179 cm³/mol. The smallest absolute Gasteiger partial charge is 0.321 e. The molecule has 0 radical (unpaired) electrons. The first-order valence-electron chi connectivity index (χ1n) is 17.9. The number of ether oxygens (including phenoxy) is 1. The molecular weight excluding hydrogens is 592 g/mol. The molecule has 8 nitrogen and oxygen atoms in total. The molecule has 2 N–H and O–H groups in total. The number of methoxy groups -OCH3 is 1. The largest absolute Gasteiger partial charge is 0.468 e. The van der Waals surface area contributed by atoms with E-state index in [2.05, 4.69) is 65.7 Å². The van der Waals surface area contributed by atoms with Crippen molar-refractivity contribution in [3.05, 3.63) is 23.8 Å². The van der Waals surface area contributed by atoms with Gasteiger partial charge < -0.3 is 15.4 Å². The minimum absolute atomic E-state index is 0.0176. The number of Topliss-reactive ketones (excluding diaryl/α,β-unsaturated/α-hetero) is 1. The van der Waals surface area contributed by atoms with E-state index < -0.39 is 22.2 Å². The van der Waals surface area contributed by atoms with E-state index in [4.69, 9.17) is 4.74 Å². The molecule has 2 amide bonds. The van der Waals surface area contributed by atoms with Crippen LogP contribution in [0.2, 0.25) is 0 Å². The van der Waals surface area contributed by atoms with E-state index in [0.29, 0.717) is 31.3 Å². The summed E-state index contributed by atoms with van der Waals surface area (Å²) in [5.41, 5.74) is -1.07. The van der Waals surface area contributed by atoms with Crippen molar-refractivity contribution in [3.8, 4) is 0 Å². The number of allylic oxidation sites excluding steroid dienone is 3. The Hall–Kier alpha value is -2.77. The SMILES string of the molecule is C=C1C[C@]2(C)[C@H]3C(=O)C=C4[C@@H]5C[C@@](C)(C(=O)NCCNC(=O)C6(C(=O)OC)CC6)CC[C@]5(C)CC[C@@]4(C)[C@]3(C)CC[C@H]2C(C)(C)C1=O. The second-order valence-corrected chi connectivity index (χ2v) is 18.2. The van der Waals surface area contributed by atoms with E-state index in [0.717, 1.165) is 38.5 Å². The summed E-state index contributed by atoms with van der Waals surface area (Å²) in [5, 5.41) is 5.88. The van der Waals surface area contributed by atoms with Crippen LogP contribution in [0.5, 0.6) is 0 Å². The first-order chi connectivity index (χ1) is 21.8. The summed E-state index contributed by atoms with van der Waals surface area (Å²) in [6, 6.07) is 0. The molecule has 8 atom stereocenters. The van der Waals surface area contributed by atoms with Gasteiger partial charge in [-0.05, 0) is 109 Å². The Bertz CT molecular complexity index is 1490. The Kier molecular flexibility index (Phi) is 7.70. The minimum Gasteiger partial charge on any atom is -0.468 e. The molecule has 6 aliphatic rings. The molecule has 47 heavy (non-hydrogen) atoms. The molecule has 0 heterocycles. The fraction of sp³-hybridized carbons (Fsp3) is 0.769. The first-order valence-corrected chi connectivity index (χ1v) is 17.9. The number of hydrogen-bond acceptors (Lipinski definition) is 6. The zero-order chi connectivity index (χ0) is 34.6. The van der Waals surface area contributed by atoms with Gasteiger partial charge in [-0.3, -0.25) is 24.0 Å². The lowest BCUT2D eigenvalue weighted by atomic mass is 9.33. The highest BCUT2D eigenvalue weighted by atomic mass is 16.5. The highest BCUT2D eigenvalue weighted by Gasteiger charge is 2.70. The van der Waals surface area contributed by atoms with Crippen LogP contribution in [-0.2, 0) is 28.7 Å². The van der Waals surface area contributed by atoms with E-state index >= 15 is 0 Å². The average Bonchev–Trinajstić information content (AvgIpc) is 3.81. The summed E-state index contributed by atoms with van der Waals surface area (Å²) >= 11 is 0. The third kappa shape index (κ3) is 4.61. The third-order valence-electron chi connectivity index (χ3n) is 15.2. The van der Waals surface area contributed by atoms with E-state index in [9.17, 15) is 24.0 Å². The van der Waals surface area contributed by atoms with Crippen LogP contribution in [0.15, 0.2) is 23.8 Å². The Balaban J connectivity index is 1.22. The Labute approximate surface area is 280 Å². The van der Waals surface area contributed by atoms with Gasteiger partial charge in [0.05, 0.1) is 7.11 Å². The molecule has 0 bridgehead atoms. The molecule has 0 spiro atoms. The maximum Gasteiger partial charge on any atom is 0.321 e. The van der Waals surface area contributed by atoms with Crippen LogP contribution in [0.1, 0.15) is 113 Å². The van der Waals surface area contributed by atoms with Crippen molar-refractivity contribution in [2.45, 2.75) is 113 Å². The van der Waals surface area contributed by atoms with Gasteiger partial charge in [-0.2, -0.15) is 0 Å². The molecule has 6 aliphatic carbocycles. The molecule has 0 saturated heterocycles. The van der Waals surface area contributed by atoms with Crippen molar-refractivity contribution in [2.75, 3.05) is 20.2 Å².